The summed E-state index contributed by atoms with van der Waals surface area (Å²) in [4.78, 5) is 7.10. The molecule has 1 aliphatic rings. The van der Waals surface area contributed by atoms with Crippen molar-refractivity contribution >= 4 is 0 Å². The molecule has 5 heteroatoms. The predicted molar refractivity (Wildman–Crippen MR) is 91.9 cm³/mol. The number of nitrogens with zero attached hydrogens (tertiary/aromatic N) is 4. The Hall–Kier alpha value is -1.72. The second kappa shape index (κ2) is 8.22. The maximum Gasteiger partial charge on any atom is 0.0544 e. The van der Waals surface area contributed by atoms with Gasteiger partial charge in [0.2, 0.25) is 0 Å². The Balaban J connectivity index is 1.74. The summed E-state index contributed by atoms with van der Waals surface area (Å²) < 4.78 is 2.00. The van der Waals surface area contributed by atoms with Gasteiger partial charge in [0, 0.05) is 43.6 Å². The zero-order valence-electron chi connectivity index (χ0n) is 14.0. The molecule has 23 heavy (non-hydrogen) atoms. The van der Waals surface area contributed by atoms with E-state index in [9.17, 15) is 0 Å². The summed E-state index contributed by atoms with van der Waals surface area (Å²) in [6, 6.07) is 6.79. The summed E-state index contributed by atoms with van der Waals surface area (Å²) in [5.41, 5.74) is 2.44. The fraction of sp³-hybridized carbons (Fsp3) is 0.556. The molecule has 1 aliphatic heterocycles. The van der Waals surface area contributed by atoms with Crippen molar-refractivity contribution < 1.29 is 0 Å². The summed E-state index contributed by atoms with van der Waals surface area (Å²) in [6.45, 7) is 7.15. The van der Waals surface area contributed by atoms with Crippen LogP contribution in [0.3, 0.4) is 0 Å². The number of pyridine rings is 1. The third-order valence-corrected chi connectivity index (χ3v) is 4.55. The van der Waals surface area contributed by atoms with Gasteiger partial charge in [-0.05, 0) is 51.4 Å². The van der Waals surface area contributed by atoms with Gasteiger partial charge in [-0.15, -0.1) is 0 Å². The Kier molecular flexibility index (Phi) is 5.77. The molecule has 5 nitrogen and oxygen atoms in total. The molecule has 0 spiro atoms. The minimum atomic E-state index is 0.608. The van der Waals surface area contributed by atoms with Crippen LogP contribution in [-0.4, -0.2) is 38.8 Å². The van der Waals surface area contributed by atoms with Crippen LogP contribution in [0.5, 0.6) is 0 Å². The Morgan fingerprint density at radius 3 is 3.00 bits per heavy atom. The summed E-state index contributed by atoms with van der Waals surface area (Å²) in [7, 11) is 0. The van der Waals surface area contributed by atoms with Crippen LogP contribution in [0.1, 0.15) is 37.4 Å². The Morgan fingerprint density at radius 2 is 2.22 bits per heavy atom. The fourth-order valence-corrected chi connectivity index (χ4v) is 3.28. The van der Waals surface area contributed by atoms with Gasteiger partial charge in [0.1, 0.15) is 0 Å². The van der Waals surface area contributed by atoms with Crippen molar-refractivity contribution in [3.05, 3.63) is 48.0 Å². The Labute approximate surface area is 138 Å². The van der Waals surface area contributed by atoms with Crippen molar-refractivity contribution in [1.82, 2.24) is 25.0 Å². The zero-order chi connectivity index (χ0) is 15.9. The first-order chi connectivity index (χ1) is 11.3. The molecule has 2 aromatic heterocycles. The van der Waals surface area contributed by atoms with Crippen molar-refractivity contribution in [2.24, 2.45) is 0 Å². The number of nitrogens with one attached hydrogen (secondary N) is 1. The van der Waals surface area contributed by atoms with Gasteiger partial charge >= 0.3 is 0 Å². The minimum absolute atomic E-state index is 0.608. The molecule has 3 heterocycles. The second-order valence-electron chi connectivity index (χ2n) is 6.27. The monoisotopic (exact) mass is 313 g/mol. The molecule has 2 aromatic rings. The molecule has 0 amide bonds. The molecule has 0 aromatic carbocycles. The number of hydrogen-bond acceptors (Lipinski definition) is 4. The largest absolute Gasteiger partial charge is 0.317 e. The van der Waals surface area contributed by atoms with Crippen LogP contribution in [0.2, 0.25) is 0 Å². The van der Waals surface area contributed by atoms with Crippen LogP contribution in [0.15, 0.2) is 36.8 Å². The van der Waals surface area contributed by atoms with Crippen LogP contribution < -0.4 is 5.32 Å². The molecule has 124 valence electrons. The van der Waals surface area contributed by atoms with Gasteiger partial charge < -0.3 is 5.32 Å². The molecule has 0 radical (unpaired) electrons. The molecular formula is C18H27N5. The highest BCUT2D eigenvalue weighted by Gasteiger charge is 2.21. The lowest BCUT2D eigenvalue weighted by Crippen LogP contribution is -2.35. The first-order valence-electron chi connectivity index (χ1n) is 8.71. The van der Waals surface area contributed by atoms with Gasteiger partial charge in [-0.25, -0.2) is 0 Å². The number of aromatic nitrogens is 3. The average Bonchev–Trinajstić information content (AvgIpc) is 2.87. The molecule has 1 N–H and O–H groups in total. The number of hydrogen-bond donors (Lipinski definition) is 1. The van der Waals surface area contributed by atoms with Gasteiger partial charge in [0.15, 0.2) is 0 Å². The SMILES string of the molecule is CCn1cc(CN(Cc2ccccn2)[C@@H]2CCCNCC2)cn1. The average molecular weight is 313 g/mol. The normalized spacial score (nSPS) is 19.0. The third-order valence-electron chi connectivity index (χ3n) is 4.55. The molecule has 1 fully saturated rings. The quantitative estimate of drug-likeness (QED) is 0.890. The first-order valence-corrected chi connectivity index (χ1v) is 8.71. The smallest absolute Gasteiger partial charge is 0.0544 e. The maximum atomic E-state index is 4.52. The Morgan fingerprint density at radius 1 is 1.26 bits per heavy atom. The van der Waals surface area contributed by atoms with Crippen LogP contribution in [0, 0.1) is 0 Å². The molecule has 0 unspecified atom stereocenters. The first kappa shape index (κ1) is 16.1. The summed E-state index contributed by atoms with van der Waals surface area (Å²) in [5, 5.41) is 7.93. The molecular weight excluding hydrogens is 286 g/mol. The van der Waals surface area contributed by atoms with E-state index in [1.54, 1.807) is 0 Å². The number of aryl methyl sites for hydroxylation is 1. The van der Waals surface area contributed by atoms with Crippen LogP contribution in [-0.2, 0) is 19.6 Å². The van der Waals surface area contributed by atoms with E-state index in [1.807, 2.05) is 23.1 Å². The molecule has 0 aliphatic carbocycles. The van der Waals surface area contributed by atoms with E-state index in [4.69, 9.17) is 0 Å². The van der Waals surface area contributed by atoms with Crippen LogP contribution in [0.25, 0.3) is 0 Å². The lowest BCUT2D eigenvalue weighted by molar-refractivity contribution is 0.162. The summed E-state index contributed by atoms with van der Waals surface area (Å²) in [5.74, 6) is 0. The lowest BCUT2D eigenvalue weighted by atomic mass is 10.1. The standard InChI is InChI=1S/C18H27N5/c1-2-23-14-16(12-21-23)13-22(15-17-6-3-4-10-20-17)18-7-5-9-19-11-8-18/h3-4,6,10,12,14,18-19H,2,5,7-9,11,13,15H2,1H3/t18-/m1/s1. The van der Waals surface area contributed by atoms with E-state index < -0.39 is 0 Å². The van der Waals surface area contributed by atoms with Crippen molar-refractivity contribution in [3.63, 3.8) is 0 Å². The molecule has 0 saturated carbocycles. The van der Waals surface area contributed by atoms with Crippen LogP contribution in [0.4, 0.5) is 0 Å². The lowest BCUT2D eigenvalue weighted by Gasteiger charge is -2.30. The maximum absolute atomic E-state index is 4.52. The van der Waals surface area contributed by atoms with Gasteiger partial charge in [-0.3, -0.25) is 14.6 Å². The highest BCUT2D eigenvalue weighted by Crippen LogP contribution is 2.19. The van der Waals surface area contributed by atoms with E-state index in [0.717, 1.165) is 38.4 Å². The van der Waals surface area contributed by atoms with Crippen molar-refractivity contribution in [1.29, 1.82) is 0 Å². The Bertz CT molecular complexity index is 572. The van der Waals surface area contributed by atoms with E-state index in [0.29, 0.717) is 6.04 Å². The summed E-state index contributed by atoms with van der Waals surface area (Å²) >= 11 is 0. The highest BCUT2D eigenvalue weighted by atomic mass is 15.3. The van der Waals surface area contributed by atoms with Gasteiger partial charge in [-0.1, -0.05) is 6.07 Å². The number of rotatable bonds is 6. The highest BCUT2D eigenvalue weighted by molar-refractivity contribution is 5.07. The van der Waals surface area contributed by atoms with Crippen molar-refractivity contribution in [3.8, 4) is 0 Å². The summed E-state index contributed by atoms with van der Waals surface area (Å²) in [6.07, 6.45) is 9.76. The van der Waals surface area contributed by atoms with E-state index >= 15 is 0 Å². The molecule has 0 bridgehead atoms. The minimum Gasteiger partial charge on any atom is -0.317 e. The van der Waals surface area contributed by atoms with Crippen molar-refractivity contribution in [2.45, 2.75) is 51.9 Å². The van der Waals surface area contributed by atoms with E-state index in [2.05, 4.69) is 45.6 Å². The molecule has 1 atom stereocenters. The van der Waals surface area contributed by atoms with Gasteiger partial charge in [0.25, 0.3) is 0 Å². The molecule has 1 saturated heterocycles. The zero-order valence-corrected chi connectivity index (χ0v) is 14.0. The topological polar surface area (TPSA) is 46.0 Å². The van der Waals surface area contributed by atoms with E-state index in [-0.39, 0.29) is 0 Å². The van der Waals surface area contributed by atoms with Gasteiger partial charge in [0.05, 0.1) is 11.9 Å². The third kappa shape index (κ3) is 4.62. The molecule has 3 rings (SSSR count). The van der Waals surface area contributed by atoms with Crippen molar-refractivity contribution in [2.75, 3.05) is 13.1 Å². The van der Waals surface area contributed by atoms with Crippen LogP contribution >= 0.6 is 0 Å². The fourth-order valence-electron chi connectivity index (χ4n) is 3.28. The van der Waals surface area contributed by atoms with Gasteiger partial charge in [-0.2, -0.15) is 5.10 Å². The predicted octanol–water partition coefficient (Wildman–Crippen LogP) is 2.44. The van der Waals surface area contributed by atoms with E-state index in [1.165, 1.54) is 24.8 Å². The second-order valence-corrected chi connectivity index (χ2v) is 6.27.